The van der Waals surface area contributed by atoms with Gasteiger partial charge in [-0.3, -0.25) is 9.69 Å². The Morgan fingerprint density at radius 1 is 1.20 bits per heavy atom. The zero-order chi connectivity index (χ0) is 17.2. The van der Waals surface area contributed by atoms with Crippen LogP contribution in [-0.2, 0) is 17.8 Å². The zero-order valence-corrected chi connectivity index (χ0v) is 14.3. The molecular weight excluding hydrogens is 316 g/mol. The van der Waals surface area contributed by atoms with E-state index in [0.29, 0.717) is 13.0 Å². The molecule has 0 aromatic heterocycles. The van der Waals surface area contributed by atoms with Crippen molar-refractivity contribution in [2.45, 2.75) is 25.4 Å². The maximum atomic E-state index is 12.5. The van der Waals surface area contributed by atoms with Gasteiger partial charge in [0.1, 0.15) is 0 Å². The second-order valence-electron chi connectivity index (χ2n) is 6.61. The van der Waals surface area contributed by atoms with E-state index in [0.717, 1.165) is 30.0 Å². The average molecular weight is 338 g/mol. The van der Waals surface area contributed by atoms with E-state index in [4.69, 9.17) is 9.47 Å². The molecule has 2 aromatic carbocycles. The molecule has 0 bridgehead atoms. The molecule has 1 atom stereocenters. The van der Waals surface area contributed by atoms with Crippen LogP contribution in [0.15, 0.2) is 42.5 Å². The molecule has 5 nitrogen and oxygen atoms in total. The molecule has 130 valence electrons. The number of nitrogens with one attached hydrogen (secondary N) is 1. The molecule has 2 heterocycles. The molecule has 5 heteroatoms. The number of carbonyl (C=O) groups is 1. The molecule has 0 aliphatic carbocycles. The summed E-state index contributed by atoms with van der Waals surface area (Å²) >= 11 is 0. The maximum Gasteiger partial charge on any atom is 0.231 e. The van der Waals surface area contributed by atoms with E-state index in [-0.39, 0.29) is 18.7 Å². The van der Waals surface area contributed by atoms with Gasteiger partial charge < -0.3 is 14.8 Å². The zero-order valence-electron chi connectivity index (χ0n) is 14.3. The van der Waals surface area contributed by atoms with E-state index in [2.05, 4.69) is 41.5 Å². The van der Waals surface area contributed by atoms with Gasteiger partial charge in [0.2, 0.25) is 12.7 Å². The highest BCUT2D eigenvalue weighted by Gasteiger charge is 2.26. The van der Waals surface area contributed by atoms with Gasteiger partial charge in [-0.2, -0.15) is 0 Å². The summed E-state index contributed by atoms with van der Waals surface area (Å²) in [6.07, 6.45) is 1.51. The van der Waals surface area contributed by atoms with Crippen LogP contribution in [0, 0.1) is 0 Å². The van der Waals surface area contributed by atoms with Crippen LogP contribution >= 0.6 is 0 Å². The predicted molar refractivity (Wildman–Crippen MR) is 94.5 cm³/mol. The summed E-state index contributed by atoms with van der Waals surface area (Å²) in [5.41, 5.74) is 3.64. The summed E-state index contributed by atoms with van der Waals surface area (Å²) in [5, 5.41) is 3.03. The SMILES string of the molecule is CN1CCc2ccccc2C1CC(=O)NCc1ccc2c(c1)OCO2. The van der Waals surface area contributed by atoms with Gasteiger partial charge >= 0.3 is 0 Å². The van der Waals surface area contributed by atoms with Crippen molar-refractivity contribution in [3.63, 3.8) is 0 Å². The highest BCUT2D eigenvalue weighted by molar-refractivity contribution is 5.77. The topological polar surface area (TPSA) is 50.8 Å². The van der Waals surface area contributed by atoms with Crippen LogP contribution in [-0.4, -0.2) is 31.2 Å². The smallest absolute Gasteiger partial charge is 0.231 e. The normalized spacial score (nSPS) is 18.7. The summed E-state index contributed by atoms with van der Waals surface area (Å²) in [6, 6.07) is 14.3. The first-order chi connectivity index (χ1) is 12.2. The third-order valence-electron chi connectivity index (χ3n) is 4.99. The fourth-order valence-corrected chi connectivity index (χ4v) is 3.54. The van der Waals surface area contributed by atoms with Gasteiger partial charge in [0.05, 0.1) is 0 Å². The van der Waals surface area contributed by atoms with E-state index in [1.807, 2.05) is 18.2 Å². The molecule has 0 spiro atoms. The van der Waals surface area contributed by atoms with E-state index in [1.54, 1.807) is 0 Å². The lowest BCUT2D eigenvalue weighted by atomic mass is 9.91. The maximum absolute atomic E-state index is 12.5. The fourth-order valence-electron chi connectivity index (χ4n) is 3.54. The van der Waals surface area contributed by atoms with E-state index < -0.39 is 0 Å². The highest BCUT2D eigenvalue weighted by atomic mass is 16.7. The Kier molecular flexibility index (Phi) is 4.32. The molecule has 0 saturated heterocycles. The standard InChI is InChI=1S/C20H22N2O3/c1-22-9-8-15-4-2-3-5-16(15)17(22)11-20(23)21-12-14-6-7-18-19(10-14)25-13-24-18/h2-7,10,17H,8-9,11-13H2,1H3,(H,21,23). The lowest BCUT2D eigenvalue weighted by Gasteiger charge is -2.34. The van der Waals surface area contributed by atoms with Crippen LogP contribution in [0.3, 0.4) is 0 Å². The number of hydrogen-bond donors (Lipinski definition) is 1. The number of amides is 1. The fraction of sp³-hybridized carbons (Fsp3) is 0.350. The minimum atomic E-state index is 0.0613. The molecule has 0 fully saturated rings. The molecule has 1 unspecified atom stereocenters. The average Bonchev–Trinajstić information content (AvgIpc) is 3.10. The summed E-state index contributed by atoms with van der Waals surface area (Å²) in [4.78, 5) is 14.7. The Morgan fingerprint density at radius 3 is 2.96 bits per heavy atom. The van der Waals surface area contributed by atoms with Crippen molar-refractivity contribution in [2.75, 3.05) is 20.4 Å². The summed E-state index contributed by atoms with van der Waals surface area (Å²) in [6.45, 7) is 1.74. The van der Waals surface area contributed by atoms with Crippen LogP contribution in [0.2, 0.25) is 0 Å². The molecule has 25 heavy (non-hydrogen) atoms. The second kappa shape index (κ2) is 6.76. The Labute approximate surface area is 147 Å². The Hall–Kier alpha value is -2.53. The lowest BCUT2D eigenvalue weighted by Crippen LogP contribution is -2.36. The number of nitrogens with zero attached hydrogens (tertiary/aromatic N) is 1. The lowest BCUT2D eigenvalue weighted by molar-refractivity contribution is -0.122. The number of ether oxygens (including phenoxy) is 2. The highest BCUT2D eigenvalue weighted by Crippen LogP contribution is 2.33. The van der Waals surface area contributed by atoms with Crippen LogP contribution in [0.5, 0.6) is 11.5 Å². The Balaban J connectivity index is 1.39. The number of likely N-dealkylation sites (N-methyl/N-ethyl adjacent to an activating group) is 1. The monoisotopic (exact) mass is 338 g/mol. The van der Waals surface area contributed by atoms with Gasteiger partial charge in [-0.05, 0) is 42.3 Å². The van der Waals surface area contributed by atoms with E-state index in [9.17, 15) is 4.79 Å². The molecule has 2 aliphatic rings. The van der Waals surface area contributed by atoms with Crippen molar-refractivity contribution in [1.29, 1.82) is 0 Å². The van der Waals surface area contributed by atoms with Crippen molar-refractivity contribution in [1.82, 2.24) is 10.2 Å². The van der Waals surface area contributed by atoms with Gasteiger partial charge in [-0.15, -0.1) is 0 Å². The Bertz CT molecular complexity index is 790. The Morgan fingerprint density at radius 2 is 2.04 bits per heavy atom. The number of rotatable bonds is 4. The van der Waals surface area contributed by atoms with E-state index in [1.165, 1.54) is 11.1 Å². The summed E-state index contributed by atoms with van der Waals surface area (Å²) < 4.78 is 10.7. The molecule has 2 aromatic rings. The molecule has 4 rings (SSSR count). The quantitative estimate of drug-likeness (QED) is 0.931. The molecule has 0 radical (unpaired) electrons. The van der Waals surface area contributed by atoms with Crippen molar-refractivity contribution < 1.29 is 14.3 Å². The molecule has 0 saturated carbocycles. The van der Waals surface area contributed by atoms with Gasteiger partial charge in [-0.25, -0.2) is 0 Å². The largest absolute Gasteiger partial charge is 0.454 e. The molecule has 1 N–H and O–H groups in total. The first-order valence-corrected chi connectivity index (χ1v) is 8.64. The first-order valence-electron chi connectivity index (χ1n) is 8.64. The van der Waals surface area contributed by atoms with Gasteiger partial charge in [0.25, 0.3) is 0 Å². The third-order valence-corrected chi connectivity index (χ3v) is 4.99. The summed E-state index contributed by atoms with van der Waals surface area (Å²) in [7, 11) is 2.09. The van der Waals surface area contributed by atoms with Gasteiger partial charge in [0, 0.05) is 25.6 Å². The summed E-state index contributed by atoms with van der Waals surface area (Å²) in [5.74, 6) is 1.56. The van der Waals surface area contributed by atoms with Crippen LogP contribution in [0.1, 0.15) is 29.2 Å². The second-order valence-corrected chi connectivity index (χ2v) is 6.61. The number of benzene rings is 2. The van der Waals surface area contributed by atoms with Gasteiger partial charge in [0.15, 0.2) is 11.5 Å². The van der Waals surface area contributed by atoms with Crippen molar-refractivity contribution in [3.8, 4) is 11.5 Å². The first kappa shape index (κ1) is 16.0. The minimum absolute atomic E-state index is 0.0613. The van der Waals surface area contributed by atoms with Crippen LogP contribution in [0.25, 0.3) is 0 Å². The molecule has 2 aliphatic heterocycles. The molecule has 1 amide bonds. The minimum Gasteiger partial charge on any atom is -0.454 e. The molecular formula is C20H22N2O3. The number of carbonyl (C=O) groups excluding carboxylic acids is 1. The van der Waals surface area contributed by atoms with Crippen LogP contribution < -0.4 is 14.8 Å². The number of fused-ring (bicyclic) bond motifs is 2. The van der Waals surface area contributed by atoms with Crippen LogP contribution in [0.4, 0.5) is 0 Å². The van der Waals surface area contributed by atoms with Crippen molar-refractivity contribution in [3.05, 3.63) is 59.2 Å². The van der Waals surface area contributed by atoms with E-state index >= 15 is 0 Å². The van der Waals surface area contributed by atoms with Crippen molar-refractivity contribution >= 4 is 5.91 Å². The predicted octanol–water partition coefficient (Wildman–Crippen LogP) is 2.65. The number of hydrogen-bond acceptors (Lipinski definition) is 4. The van der Waals surface area contributed by atoms with Crippen molar-refractivity contribution in [2.24, 2.45) is 0 Å². The third kappa shape index (κ3) is 3.33. The van der Waals surface area contributed by atoms with Gasteiger partial charge in [-0.1, -0.05) is 30.3 Å².